The first-order valence-electron chi connectivity index (χ1n) is 12.8. The third-order valence-corrected chi connectivity index (χ3v) is 8.99. The third-order valence-electron chi connectivity index (χ3n) is 8.99. The largest absolute Gasteiger partial charge is 0.494 e. The highest BCUT2D eigenvalue weighted by Gasteiger charge is 2.63. The Morgan fingerprint density at radius 1 is 1.26 bits per heavy atom. The van der Waals surface area contributed by atoms with Crippen LogP contribution >= 0.6 is 0 Å². The van der Waals surface area contributed by atoms with E-state index in [9.17, 15) is 4.79 Å². The first kappa shape index (κ1) is 24.0. The lowest BCUT2D eigenvalue weighted by molar-refractivity contribution is -0.133. The van der Waals surface area contributed by atoms with Gasteiger partial charge in [-0.15, -0.1) is 0 Å². The van der Waals surface area contributed by atoms with E-state index in [-0.39, 0.29) is 5.31 Å². The number of benzene rings is 1. The molecule has 1 aliphatic heterocycles. The summed E-state index contributed by atoms with van der Waals surface area (Å²) in [7, 11) is 6.81. The van der Waals surface area contributed by atoms with E-state index in [2.05, 4.69) is 22.3 Å². The lowest BCUT2D eigenvalue weighted by atomic mass is 9.65. The number of carbonyl (C=O) groups is 1. The average Bonchev–Trinajstić information content (AvgIpc) is 3.19. The molecule has 5 unspecified atom stereocenters. The maximum absolute atomic E-state index is 12.9. The zero-order valence-electron chi connectivity index (χ0n) is 20.2. The standard InChI is InChI=1S/C26H35BN6O2/c27-26(16-25(26,29)9-12-35-23-5-3-22(4-6-23)33(17-28)31-30)21-7-10-32(11-8-21)24(34)15-20-14-18-1-2-19(20)13-18/h1-6,17-21,28,30H,7-16,29H2. The Balaban J connectivity index is 1.06. The van der Waals surface area contributed by atoms with Crippen LogP contribution in [0.3, 0.4) is 0 Å². The summed E-state index contributed by atoms with van der Waals surface area (Å²) in [4.78, 5) is 15.0. The molecule has 3 aliphatic carbocycles. The number of nitrogens with one attached hydrogen (secondary N) is 2. The van der Waals surface area contributed by atoms with Crippen molar-refractivity contribution in [2.45, 2.75) is 55.8 Å². The van der Waals surface area contributed by atoms with Gasteiger partial charge in [0.15, 0.2) is 0 Å². The molecule has 184 valence electrons. The van der Waals surface area contributed by atoms with Gasteiger partial charge in [0.05, 0.1) is 20.1 Å². The van der Waals surface area contributed by atoms with Gasteiger partial charge in [-0.1, -0.05) is 17.4 Å². The van der Waals surface area contributed by atoms with E-state index < -0.39 is 5.54 Å². The second kappa shape index (κ2) is 9.41. The molecule has 1 aromatic rings. The molecule has 9 heteroatoms. The van der Waals surface area contributed by atoms with E-state index in [1.807, 2.05) is 0 Å². The van der Waals surface area contributed by atoms with Crippen LogP contribution in [-0.4, -0.2) is 50.2 Å². The summed E-state index contributed by atoms with van der Waals surface area (Å²) in [6.07, 6.45) is 12.1. The zero-order valence-corrected chi connectivity index (χ0v) is 20.2. The van der Waals surface area contributed by atoms with Crippen molar-refractivity contribution in [3.05, 3.63) is 36.4 Å². The number of rotatable bonds is 10. The fourth-order valence-electron chi connectivity index (χ4n) is 6.68. The SMILES string of the molecule is [B]C1(C2CCN(C(=O)CC3CC4C=CC3C4)CC2)CC1(N)CCOc1ccc(N(C=N)N=N)cc1. The van der Waals surface area contributed by atoms with Crippen molar-refractivity contribution in [2.75, 3.05) is 24.7 Å². The fourth-order valence-corrected chi connectivity index (χ4v) is 6.68. The molecule has 2 radical (unpaired) electrons. The van der Waals surface area contributed by atoms with Crippen LogP contribution in [0.2, 0.25) is 5.31 Å². The van der Waals surface area contributed by atoms with E-state index in [0.717, 1.165) is 43.7 Å². The predicted molar refractivity (Wildman–Crippen MR) is 136 cm³/mol. The normalized spacial score (nSPS) is 33.5. The van der Waals surface area contributed by atoms with Crippen molar-refractivity contribution in [1.82, 2.24) is 4.90 Å². The molecule has 0 spiro atoms. The highest BCUT2D eigenvalue weighted by molar-refractivity contribution is 6.19. The molecule has 1 amide bonds. The summed E-state index contributed by atoms with van der Waals surface area (Å²) in [6.45, 7) is 2.05. The van der Waals surface area contributed by atoms with E-state index in [1.54, 1.807) is 24.3 Å². The van der Waals surface area contributed by atoms with E-state index >= 15 is 0 Å². The number of nitrogens with two attached hydrogens (primary N) is 1. The van der Waals surface area contributed by atoms with Crippen LogP contribution in [0.4, 0.5) is 5.69 Å². The smallest absolute Gasteiger partial charge is 0.222 e. The van der Waals surface area contributed by atoms with E-state index in [0.29, 0.717) is 60.5 Å². The van der Waals surface area contributed by atoms with Gasteiger partial charge in [0.1, 0.15) is 12.1 Å². The molecule has 5 rings (SSSR count). The van der Waals surface area contributed by atoms with Crippen LogP contribution in [0, 0.1) is 34.6 Å². The summed E-state index contributed by atoms with van der Waals surface area (Å²) in [5, 5.41) is 11.3. The van der Waals surface area contributed by atoms with Gasteiger partial charge in [0, 0.05) is 25.0 Å². The Morgan fingerprint density at radius 2 is 2.00 bits per heavy atom. The van der Waals surface area contributed by atoms with E-state index in [1.165, 1.54) is 12.8 Å². The Labute approximate surface area is 208 Å². The second-order valence-corrected chi connectivity index (χ2v) is 10.9. The molecule has 2 bridgehead atoms. The van der Waals surface area contributed by atoms with Crippen molar-refractivity contribution in [3.8, 4) is 5.75 Å². The maximum Gasteiger partial charge on any atom is 0.222 e. The molecule has 1 heterocycles. The zero-order chi connectivity index (χ0) is 24.6. The van der Waals surface area contributed by atoms with Gasteiger partial charge < -0.3 is 15.4 Å². The average molecular weight is 474 g/mol. The quantitative estimate of drug-likeness (QED) is 0.118. The molecule has 5 atom stereocenters. The molecule has 1 aromatic carbocycles. The first-order chi connectivity index (χ1) is 16.8. The number of piperidine rings is 1. The number of anilines is 1. The number of amides is 1. The molecule has 8 nitrogen and oxygen atoms in total. The van der Waals surface area contributed by atoms with Gasteiger partial charge in [0.2, 0.25) is 5.91 Å². The Morgan fingerprint density at radius 3 is 2.60 bits per heavy atom. The number of nitrogens with zero attached hydrogens (tertiary/aromatic N) is 3. The summed E-state index contributed by atoms with van der Waals surface area (Å²) in [5.74, 6) is 3.22. The van der Waals surface area contributed by atoms with Gasteiger partial charge in [-0.3, -0.25) is 10.2 Å². The van der Waals surface area contributed by atoms with Gasteiger partial charge in [-0.05, 0) is 91.8 Å². The molecule has 2 saturated carbocycles. The first-order valence-corrected chi connectivity index (χ1v) is 12.8. The van der Waals surface area contributed by atoms with Crippen LogP contribution in [0.25, 0.3) is 0 Å². The molecule has 35 heavy (non-hydrogen) atoms. The molecule has 4 N–H and O–H groups in total. The molecular formula is C26H35BN6O2. The van der Waals surface area contributed by atoms with Crippen LogP contribution in [0.1, 0.15) is 44.9 Å². The monoisotopic (exact) mass is 474 g/mol. The molecule has 0 aromatic heterocycles. The van der Waals surface area contributed by atoms with Gasteiger partial charge >= 0.3 is 0 Å². The number of likely N-dealkylation sites (tertiary alicyclic amines) is 1. The lowest BCUT2D eigenvalue weighted by Crippen LogP contribution is -2.42. The second-order valence-electron chi connectivity index (χ2n) is 10.9. The fraction of sp³-hybridized carbons (Fsp3) is 0.615. The number of allylic oxidation sites excluding steroid dienone is 2. The minimum Gasteiger partial charge on any atom is -0.494 e. The summed E-state index contributed by atoms with van der Waals surface area (Å²) >= 11 is 0. The maximum atomic E-state index is 12.9. The van der Waals surface area contributed by atoms with Crippen LogP contribution in [0.15, 0.2) is 41.6 Å². The van der Waals surface area contributed by atoms with Gasteiger partial charge in [0.25, 0.3) is 0 Å². The minimum atomic E-state index is -0.430. The van der Waals surface area contributed by atoms with Crippen molar-refractivity contribution >= 4 is 25.8 Å². The number of ether oxygens (including phenoxy) is 1. The van der Waals surface area contributed by atoms with Gasteiger partial charge in [-0.25, -0.2) is 5.01 Å². The van der Waals surface area contributed by atoms with Crippen LogP contribution in [-0.2, 0) is 4.79 Å². The number of hydrogen-bond donors (Lipinski definition) is 3. The van der Waals surface area contributed by atoms with Crippen molar-refractivity contribution in [3.63, 3.8) is 0 Å². The van der Waals surface area contributed by atoms with E-state index in [4.69, 9.17) is 29.3 Å². The lowest BCUT2D eigenvalue weighted by Gasteiger charge is -2.38. The molecular weight excluding hydrogens is 439 g/mol. The highest BCUT2D eigenvalue weighted by Crippen LogP contribution is 2.67. The molecule has 3 fully saturated rings. The molecule has 1 saturated heterocycles. The van der Waals surface area contributed by atoms with Crippen LogP contribution in [0.5, 0.6) is 5.75 Å². The Bertz CT molecular complexity index is 986. The summed E-state index contributed by atoms with van der Waals surface area (Å²) < 4.78 is 5.89. The van der Waals surface area contributed by atoms with Crippen molar-refractivity contribution in [1.29, 1.82) is 10.9 Å². The number of fused-ring (bicyclic) bond motifs is 2. The number of hydrogen-bond acceptors (Lipinski definition) is 6. The third kappa shape index (κ3) is 4.62. The Kier molecular flexibility index (Phi) is 6.46. The summed E-state index contributed by atoms with van der Waals surface area (Å²) in [6, 6.07) is 7.10. The topological polar surface area (TPSA) is 119 Å². The summed E-state index contributed by atoms with van der Waals surface area (Å²) in [5.41, 5.74) is 14.0. The highest BCUT2D eigenvalue weighted by atomic mass is 16.5. The van der Waals surface area contributed by atoms with Crippen molar-refractivity contribution < 1.29 is 9.53 Å². The van der Waals surface area contributed by atoms with Crippen LogP contribution < -0.4 is 15.5 Å². The van der Waals surface area contributed by atoms with Crippen molar-refractivity contribution in [2.24, 2.45) is 34.6 Å². The predicted octanol–water partition coefficient (Wildman–Crippen LogP) is 4.08. The minimum absolute atomic E-state index is 0.315. The Hall–Kier alpha value is -2.68. The molecule has 4 aliphatic rings. The van der Waals surface area contributed by atoms with Gasteiger partial charge in [-0.2, -0.15) is 5.53 Å². The number of carbonyl (C=O) groups excluding carboxylic acids is 1.